The maximum Gasteiger partial charge on any atom is 0.367 e. The van der Waals surface area contributed by atoms with Crippen LogP contribution in [0.15, 0.2) is 30.3 Å². The van der Waals surface area contributed by atoms with Crippen molar-refractivity contribution >= 4 is 23.2 Å². The van der Waals surface area contributed by atoms with Gasteiger partial charge in [0.1, 0.15) is 0 Å². The molecule has 0 amide bonds. The molecule has 0 saturated heterocycles. The Balaban J connectivity index is 0.000000265. The average molecular weight is 247 g/mol. The van der Waals surface area contributed by atoms with Crippen LogP contribution in [0.2, 0.25) is 0 Å². The summed E-state index contributed by atoms with van der Waals surface area (Å²) in [5.41, 5.74) is 0.715. The molecule has 0 unspecified atom stereocenters. The predicted molar refractivity (Wildman–Crippen MR) is 58.3 cm³/mol. The maximum atomic E-state index is 9.56. The number of rotatable bonds is 1. The molecular weight excluding hydrogens is 239 g/mol. The first-order chi connectivity index (χ1) is 6.88. The van der Waals surface area contributed by atoms with Gasteiger partial charge in [-0.2, -0.15) is 5.26 Å². The summed E-state index contributed by atoms with van der Waals surface area (Å²) in [7, 11) is 0. The van der Waals surface area contributed by atoms with Crippen LogP contribution in [0.25, 0.3) is 0 Å². The van der Waals surface area contributed by atoms with Crippen LogP contribution in [0, 0.1) is 21.4 Å². The highest BCUT2D eigenvalue weighted by Gasteiger charge is 2.29. The van der Waals surface area contributed by atoms with Crippen LogP contribution in [0.1, 0.15) is 12.5 Å². The third kappa shape index (κ3) is 6.72. The molecule has 0 fully saturated rings. The lowest BCUT2D eigenvalue weighted by atomic mass is 10.2. The fraction of sp³-hybridized carbons (Fsp3) is 0.222. The molecule has 0 saturated carbocycles. The van der Waals surface area contributed by atoms with Gasteiger partial charge >= 0.3 is 4.46 Å². The van der Waals surface area contributed by atoms with Gasteiger partial charge in [-0.25, -0.2) is 0 Å². The Morgan fingerprint density at radius 1 is 1.40 bits per heavy atom. The van der Waals surface area contributed by atoms with Crippen LogP contribution in [0.3, 0.4) is 0 Å². The van der Waals surface area contributed by atoms with Gasteiger partial charge in [-0.15, -0.1) is 0 Å². The molecule has 0 N–H and O–H groups in total. The zero-order valence-corrected chi connectivity index (χ0v) is 9.37. The zero-order valence-electron chi connectivity index (χ0n) is 7.85. The first kappa shape index (κ1) is 13.7. The van der Waals surface area contributed by atoms with Gasteiger partial charge in [0.15, 0.2) is 0 Å². The van der Waals surface area contributed by atoms with Gasteiger partial charge in [0.05, 0.1) is 16.6 Å². The number of hydrogen-bond donors (Lipinski definition) is 0. The molecule has 80 valence electrons. The second-order valence-electron chi connectivity index (χ2n) is 2.58. The molecule has 0 heterocycles. The summed E-state index contributed by atoms with van der Waals surface area (Å²) in [6.45, 7) is 1.09. The molecule has 0 spiro atoms. The van der Waals surface area contributed by atoms with Crippen LogP contribution < -0.4 is 0 Å². The normalized spacial score (nSPS) is 9.47. The minimum Gasteiger partial charge on any atom is -0.261 e. The number of benzene rings is 1. The van der Waals surface area contributed by atoms with Crippen LogP contribution in [0.5, 0.6) is 0 Å². The molecule has 0 aromatic heterocycles. The highest BCUT2D eigenvalue weighted by molar-refractivity contribution is 6.46. The molecule has 6 heteroatoms. The first-order valence-corrected chi connectivity index (χ1v) is 4.61. The smallest absolute Gasteiger partial charge is 0.261 e. The summed E-state index contributed by atoms with van der Waals surface area (Å²) < 4.78 is -1.83. The van der Waals surface area contributed by atoms with Crippen LogP contribution >= 0.6 is 23.2 Å². The zero-order chi connectivity index (χ0) is 11.9. The van der Waals surface area contributed by atoms with E-state index < -0.39 is 9.38 Å². The van der Waals surface area contributed by atoms with Crippen LogP contribution in [0.4, 0.5) is 0 Å². The third-order valence-corrected chi connectivity index (χ3v) is 1.50. The van der Waals surface area contributed by atoms with E-state index in [1.54, 1.807) is 12.1 Å². The topological polar surface area (TPSA) is 66.9 Å². The summed E-state index contributed by atoms with van der Waals surface area (Å²) in [4.78, 5) is 8.78. The van der Waals surface area contributed by atoms with Crippen LogP contribution in [-0.4, -0.2) is 9.38 Å². The Morgan fingerprint density at radius 2 is 1.80 bits per heavy atom. The number of alkyl halides is 2. The molecule has 4 nitrogen and oxygen atoms in total. The Bertz CT molecular complexity index is 355. The van der Waals surface area contributed by atoms with E-state index in [4.69, 9.17) is 28.5 Å². The quantitative estimate of drug-likeness (QED) is 0.331. The molecule has 0 aliphatic carbocycles. The summed E-state index contributed by atoms with van der Waals surface area (Å²) in [5.74, 6) is 0. The van der Waals surface area contributed by atoms with E-state index in [0.29, 0.717) is 5.56 Å². The SMILES string of the molecule is CC(Cl)(Cl)[N+](=O)[O-].N#Cc1ccccc1. The van der Waals surface area contributed by atoms with Crippen molar-refractivity contribution in [1.82, 2.24) is 0 Å². The highest BCUT2D eigenvalue weighted by Crippen LogP contribution is 2.18. The minimum atomic E-state index is -1.83. The number of nitro groups is 1. The van der Waals surface area contributed by atoms with E-state index in [2.05, 4.69) is 0 Å². The number of nitriles is 1. The van der Waals surface area contributed by atoms with Gasteiger partial charge in [-0.05, 0) is 35.3 Å². The van der Waals surface area contributed by atoms with Crippen molar-refractivity contribution in [3.8, 4) is 6.07 Å². The van der Waals surface area contributed by atoms with Crippen molar-refractivity contribution < 1.29 is 4.92 Å². The second-order valence-corrected chi connectivity index (χ2v) is 4.24. The molecule has 0 atom stereocenters. The molecule has 1 aromatic rings. The van der Waals surface area contributed by atoms with Gasteiger partial charge < -0.3 is 0 Å². The Hall–Kier alpha value is -1.31. The Labute approximate surface area is 97.2 Å². The molecule has 15 heavy (non-hydrogen) atoms. The van der Waals surface area contributed by atoms with E-state index in [1.807, 2.05) is 24.3 Å². The van der Waals surface area contributed by atoms with E-state index in [9.17, 15) is 10.1 Å². The summed E-state index contributed by atoms with van der Waals surface area (Å²) in [5, 5.41) is 17.9. The maximum absolute atomic E-state index is 9.56. The van der Waals surface area contributed by atoms with E-state index >= 15 is 0 Å². The molecule has 0 aliphatic heterocycles. The molecular formula is C9H8Cl2N2O2. The molecule has 0 bridgehead atoms. The predicted octanol–water partition coefficient (Wildman–Crippen LogP) is 2.97. The van der Waals surface area contributed by atoms with Crippen molar-refractivity contribution in [3.05, 3.63) is 46.0 Å². The molecule has 1 rings (SSSR count). The lowest BCUT2D eigenvalue weighted by molar-refractivity contribution is -0.511. The molecule has 0 radical (unpaired) electrons. The molecule has 1 aromatic carbocycles. The van der Waals surface area contributed by atoms with Crippen molar-refractivity contribution in [2.45, 2.75) is 11.4 Å². The van der Waals surface area contributed by atoms with E-state index in [0.717, 1.165) is 6.92 Å². The summed E-state index contributed by atoms with van der Waals surface area (Å²) >= 11 is 9.87. The van der Waals surface area contributed by atoms with Gasteiger partial charge in [0.2, 0.25) is 0 Å². The van der Waals surface area contributed by atoms with Gasteiger partial charge in [0, 0.05) is 6.92 Å². The highest BCUT2D eigenvalue weighted by atomic mass is 35.5. The standard InChI is InChI=1S/C7H5N.C2H3Cl2NO2/c8-6-7-4-2-1-3-5-7;1-2(3,4)5(6)7/h1-5H;1H3. The van der Waals surface area contributed by atoms with Crippen molar-refractivity contribution in [3.63, 3.8) is 0 Å². The van der Waals surface area contributed by atoms with E-state index in [-0.39, 0.29) is 0 Å². The fourth-order valence-electron chi connectivity index (χ4n) is 0.513. The Morgan fingerprint density at radius 3 is 2.00 bits per heavy atom. The van der Waals surface area contributed by atoms with Gasteiger partial charge in [0.25, 0.3) is 0 Å². The first-order valence-electron chi connectivity index (χ1n) is 3.85. The lowest BCUT2D eigenvalue weighted by Crippen LogP contribution is -2.18. The number of halogens is 2. The van der Waals surface area contributed by atoms with Gasteiger partial charge in [-0.3, -0.25) is 10.1 Å². The van der Waals surface area contributed by atoms with Crippen molar-refractivity contribution in [2.24, 2.45) is 0 Å². The summed E-state index contributed by atoms with van der Waals surface area (Å²) in [6, 6.07) is 11.2. The van der Waals surface area contributed by atoms with Crippen LogP contribution in [-0.2, 0) is 0 Å². The summed E-state index contributed by atoms with van der Waals surface area (Å²) in [6.07, 6.45) is 0. The van der Waals surface area contributed by atoms with E-state index in [1.165, 1.54) is 0 Å². The number of nitrogens with zero attached hydrogens (tertiary/aromatic N) is 2. The van der Waals surface area contributed by atoms with Crippen molar-refractivity contribution in [2.75, 3.05) is 0 Å². The average Bonchev–Trinajstić information content (AvgIpc) is 2.18. The molecule has 0 aliphatic rings. The minimum absolute atomic E-state index is 0.715. The number of hydrogen-bond acceptors (Lipinski definition) is 3. The largest absolute Gasteiger partial charge is 0.367 e. The van der Waals surface area contributed by atoms with Gasteiger partial charge in [-0.1, -0.05) is 18.2 Å². The second kappa shape index (κ2) is 6.23. The third-order valence-electron chi connectivity index (χ3n) is 1.22. The lowest BCUT2D eigenvalue weighted by Gasteiger charge is -1.99. The Kier molecular flexibility index (Phi) is 5.68. The fourth-order valence-corrected chi connectivity index (χ4v) is 0.513. The van der Waals surface area contributed by atoms with Crippen molar-refractivity contribution in [1.29, 1.82) is 5.26 Å². The monoisotopic (exact) mass is 246 g/mol.